The zero-order valence-electron chi connectivity index (χ0n) is 16.5. The number of hydrogen-bond acceptors (Lipinski definition) is 4. The number of amides is 1. The van der Waals surface area contributed by atoms with Crippen LogP contribution >= 0.6 is 0 Å². The lowest BCUT2D eigenvalue weighted by Crippen LogP contribution is -2.31. The summed E-state index contributed by atoms with van der Waals surface area (Å²) in [5.74, 6) is -0.292. The minimum Gasteiger partial charge on any atom is -0.351 e. The van der Waals surface area contributed by atoms with Crippen molar-refractivity contribution >= 4 is 21.6 Å². The third-order valence-corrected chi connectivity index (χ3v) is 5.94. The summed E-state index contributed by atoms with van der Waals surface area (Å²) in [5, 5.41) is 2.80. The molecule has 2 rings (SSSR count). The lowest BCUT2D eigenvalue weighted by Gasteiger charge is -2.15. The van der Waals surface area contributed by atoms with E-state index in [0.29, 0.717) is 29.9 Å². The van der Waals surface area contributed by atoms with Gasteiger partial charge in [-0.15, -0.1) is 0 Å². The van der Waals surface area contributed by atoms with E-state index in [1.165, 1.54) is 6.07 Å². The van der Waals surface area contributed by atoms with Gasteiger partial charge < -0.3 is 10.2 Å². The molecule has 2 aromatic rings. The highest BCUT2D eigenvalue weighted by Gasteiger charge is 2.20. The number of nitrogens with zero attached hydrogens (tertiary/aromatic N) is 1. The largest absolute Gasteiger partial charge is 0.351 e. The number of anilines is 1. The second kappa shape index (κ2) is 8.54. The Morgan fingerprint density at radius 3 is 2.41 bits per heavy atom. The van der Waals surface area contributed by atoms with Crippen LogP contribution in [0.4, 0.5) is 5.69 Å². The molecule has 2 N–H and O–H groups in total. The summed E-state index contributed by atoms with van der Waals surface area (Å²) in [7, 11) is 0.0252. The lowest BCUT2D eigenvalue weighted by molar-refractivity contribution is 0.0951. The molecule has 0 aliphatic heterocycles. The van der Waals surface area contributed by atoms with Gasteiger partial charge in [-0.25, -0.2) is 8.42 Å². The first kappa shape index (κ1) is 20.9. The highest BCUT2D eigenvalue weighted by molar-refractivity contribution is 7.92. The number of carbonyl (C=O) groups excluding carboxylic acids is 1. The van der Waals surface area contributed by atoms with Gasteiger partial charge in [-0.3, -0.25) is 9.52 Å². The monoisotopic (exact) mass is 389 g/mol. The topological polar surface area (TPSA) is 78.5 Å². The maximum absolute atomic E-state index is 12.9. The summed E-state index contributed by atoms with van der Waals surface area (Å²) in [6.07, 6.45) is 0. The second-order valence-electron chi connectivity index (χ2n) is 6.89. The molecule has 0 atom stereocenters. The molecule has 0 unspecified atom stereocenters. The van der Waals surface area contributed by atoms with Gasteiger partial charge in [0.25, 0.3) is 15.9 Å². The Labute approximate surface area is 161 Å². The molecule has 0 spiro atoms. The Balaban J connectivity index is 2.28. The second-order valence-corrected chi connectivity index (χ2v) is 8.54. The van der Waals surface area contributed by atoms with Crippen LogP contribution in [0, 0.1) is 20.8 Å². The Kier molecular flexibility index (Phi) is 6.62. The minimum absolute atomic E-state index is 0.101. The molecule has 6 nitrogen and oxygen atoms in total. The average molecular weight is 390 g/mol. The van der Waals surface area contributed by atoms with Gasteiger partial charge in [0.05, 0.1) is 10.6 Å². The Bertz CT molecular complexity index is 937. The highest BCUT2D eigenvalue weighted by Crippen LogP contribution is 2.24. The molecule has 0 fully saturated rings. The summed E-state index contributed by atoms with van der Waals surface area (Å²) in [6, 6.07) is 10.2. The van der Waals surface area contributed by atoms with Crippen molar-refractivity contribution in [3.05, 3.63) is 58.7 Å². The van der Waals surface area contributed by atoms with Crippen molar-refractivity contribution in [3.8, 4) is 0 Å². The number of benzene rings is 2. The van der Waals surface area contributed by atoms with E-state index in [-0.39, 0.29) is 10.8 Å². The van der Waals surface area contributed by atoms with E-state index < -0.39 is 10.0 Å². The number of sulfonamides is 1. The van der Waals surface area contributed by atoms with Gasteiger partial charge in [-0.2, -0.15) is 0 Å². The maximum atomic E-state index is 12.9. The molecular weight excluding hydrogens is 362 g/mol. The Morgan fingerprint density at radius 2 is 1.74 bits per heavy atom. The summed E-state index contributed by atoms with van der Waals surface area (Å²) in [5.41, 5.74) is 3.31. The zero-order valence-corrected chi connectivity index (χ0v) is 17.3. The molecule has 0 radical (unpaired) electrons. The highest BCUT2D eigenvalue weighted by atomic mass is 32.2. The molecule has 0 aliphatic rings. The molecule has 27 heavy (non-hydrogen) atoms. The standard InChI is InChI=1S/C20H27N3O3S/c1-14-7-6-8-18(16(14)3)22-27(25,26)19-13-17(10-9-15(19)2)20(24)21-11-12-23(4)5/h6-10,13,22H,11-12H2,1-5H3,(H,21,24). The normalized spacial score (nSPS) is 11.5. The minimum atomic E-state index is -3.81. The van der Waals surface area contributed by atoms with Gasteiger partial charge in [0.2, 0.25) is 0 Å². The van der Waals surface area contributed by atoms with Crippen molar-refractivity contribution in [2.45, 2.75) is 25.7 Å². The van der Waals surface area contributed by atoms with Crippen molar-refractivity contribution in [1.82, 2.24) is 10.2 Å². The first-order valence-corrected chi connectivity index (χ1v) is 10.2. The molecule has 0 saturated heterocycles. The van der Waals surface area contributed by atoms with Crippen LogP contribution in [0.3, 0.4) is 0 Å². The SMILES string of the molecule is Cc1ccc(C(=O)NCCN(C)C)cc1S(=O)(=O)Nc1cccc(C)c1C. The van der Waals surface area contributed by atoms with Crippen molar-refractivity contribution in [2.24, 2.45) is 0 Å². The molecule has 0 bridgehead atoms. The van der Waals surface area contributed by atoms with Crippen molar-refractivity contribution < 1.29 is 13.2 Å². The van der Waals surface area contributed by atoms with Gasteiger partial charge >= 0.3 is 0 Å². The van der Waals surface area contributed by atoms with Crippen LogP contribution in [-0.2, 0) is 10.0 Å². The van der Waals surface area contributed by atoms with Crippen molar-refractivity contribution in [1.29, 1.82) is 0 Å². The predicted octanol–water partition coefficient (Wildman–Crippen LogP) is 2.70. The molecular formula is C20H27N3O3S. The zero-order chi connectivity index (χ0) is 20.2. The smallest absolute Gasteiger partial charge is 0.262 e. The number of aryl methyl sites for hydroxylation is 2. The Hall–Kier alpha value is -2.38. The average Bonchev–Trinajstić information content (AvgIpc) is 2.58. The maximum Gasteiger partial charge on any atom is 0.262 e. The molecule has 7 heteroatoms. The Morgan fingerprint density at radius 1 is 1.04 bits per heavy atom. The van der Waals surface area contributed by atoms with Gasteiger partial charge in [0, 0.05) is 18.7 Å². The van der Waals surface area contributed by atoms with Crippen LogP contribution in [-0.4, -0.2) is 46.4 Å². The van der Waals surface area contributed by atoms with Crippen LogP contribution < -0.4 is 10.0 Å². The van der Waals surface area contributed by atoms with E-state index in [9.17, 15) is 13.2 Å². The van der Waals surface area contributed by atoms with Gasteiger partial charge in [-0.1, -0.05) is 18.2 Å². The number of carbonyl (C=O) groups is 1. The van der Waals surface area contributed by atoms with Crippen molar-refractivity contribution in [2.75, 3.05) is 31.9 Å². The summed E-state index contributed by atoms with van der Waals surface area (Å²) < 4.78 is 28.5. The summed E-state index contributed by atoms with van der Waals surface area (Å²) >= 11 is 0. The van der Waals surface area contributed by atoms with Gasteiger partial charge in [-0.05, 0) is 69.8 Å². The summed E-state index contributed by atoms with van der Waals surface area (Å²) in [6.45, 7) is 6.70. The summed E-state index contributed by atoms with van der Waals surface area (Å²) in [4.78, 5) is 14.4. The fraction of sp³-hybridized carbons (Fsp3) is 0.350. The fourth-order valence-corrected chi connectivity index (χ4v) is 3.98. The van der Waals surface area contributed by atoms with E-state index in [1.807, 2.05) is 45.0 Å². The van der Waals surface area contributed by atoms with E-state index in [2.05, 4.69) is 10.0 Å². The number of rotatable bonds is 7. The van der Waals surface area contributed by atoms with Gasteiger partial charge in [0.1, 0.15) is 0 Å². The lowest BCUT2D eigenvalue weighted by atomic mass is 10.1. The first-order chi connectivity index (χ1) is 12.6. The number of nitrogens with one attached hydrogen (secondary N) is 2. The quantitative estimate of drug-likeness (QED) is 0.763. The van der Waals surface area contributed by atoms with Crippen LogP contribution in [0.2, 0.25) is 0 Å². The molecule has 0 aromatic heterocycles. The molecule has 0 saturated carbocycles. The third kappa shape index (κ3) is 5.30. The molecule has 2 aromatic carbocycles. The van der Waals surface area contributed by atoms with Crippen LogP contribution in [0.1, 0.15) is 27.0 Å². The fourth-order valence-electron chi connectivity index (χ4n) is 2.59. The number of hydrogen-bond donors (Lipinski definition) is 2. The molecule has 0 heterocycles. The van der Waals surface area contributed by atoms with Crippen LogP contribution in [0.15, 0.2) is 41.3 Å². The molecule has 0 aliphatic carbocycles. The van der Waals surface area contributed by atoms with E-state index in [1.54, 1.807) is 25.1 Å². The first-order valence-electron chi connectivity index (χ1n) is 8.74. The predicted molar refractivity (Wildman–Crippen MR) is 109 cm³/mol. The van der Waals surface area contributed by atoms with E-state index in [4.69, 9.17) is 0 Å². The van der Waals surface area contributed by atoms with E-state index in [0.717, 1.165) is 11.1 Å². The molecule has 1 amide bonds. The number of likely N-dealkylation sites (N-methyl/N-ethyl adjacent to an activating group) is 1. The van der Waals surface area contributed by atoms with Crippen molar-refractivity contribution in [3.63, 3.8) is 0 Å². The van der Waals surface area contributed by atoms with Crippen LogP contribution in [0.5, 0.6) is 0 Å². The van der Waals surface area contributed by atoms with Gasteiger partial charge in [0.15, 0.2) is 0 Å². The third-order valence-electron chi connectivity index (χ3n) is 4.43. The van der Waals surface area contributed by atoms with E-state index >= 15 is 0 Å². The van der Waals surface area contributed by atoms with Crippen LogP contribution in [0.25, 0.3) is 0 Å². The molecule has 146 valence electrons.